The molecule has 3 saturated carbocycles. The monoisotopic (exact) mass is 396 g/mol. The Bertz CT molecular complexity index is 686. The van der Waals surface area contributed by atoms with Crippen LogP contribution in [0, 0.1) is 58.2 Å². The second-order valence-electron chi connectivity index (χ2n) is 12.1. The molecule has 0 spiro atoms. The van der Waals surface area contributed by atoms with Gasteiger partial charge in [0.15, 0.2) is 0 Å². The van der Waals surface area contributed by atoms with E-state index in [1.807, 2.05) is 0 Å². The highest BCUT2D eigenvalue weighted by Crippen LogP contribution is 2.66. The van der Waals surface area contributed by atoms with Gasteiger partial charge < -0.3 is 0 Å². The van der Waals surface area contributed by atoms with E-state index >= 15 is 0 Å². The van der Waals surface area contributed by atoms with Crippen LogP contribution < -0.4 is 0 Å². The molecule has 162 valence electrons. The van der Waals surface area contributed by atoms with Crippen LogP contribution in [0.3, 0.4) is 0 Å². The standard InChI is InChI=1S/C28H44O/c1-18(2)19(3)10-11-20(4)23-14-15-24-22-13-12-21-9-7-8-16-27(21,5)26(22)25(29)17-28(23,24)6/h7-8,10-11,18-24,26H,9,12-17H2,1-6H3/b11-10+/t19-,20+,21+,22+,23-,24+,26-,27-,28-/m0/s1. The SMILES string of the molecule is CC(C)[C@@H](C)/C=C/[C@@H](C)[C@@H]1CC[C@@H]2[C@H]3CC[C@H]4CC=CC[C@]4(C)[C@@H]3C(=O)C[C@]21C. The Morgan fingerprint density at radius 1 is 0.966 bits per heavy atom. The number of hydrogen-bond donors (Lipinski definition) is 0. The molecule has 0 radical (unpaired) electrons. The predicted octanol–water partition coefficient (Wildman–Crippen LogP) is 7.47. The molecule has 29 heavy (non-hydrogen) atoms. The summed E-state index contributed by atoms with van der Waals surface area (Å²) in [5, 5.41) is 0. The first-order valence-electron chi connectivity index (χ1n) is 12.5. The van der Waals surface area contributed by atoms with Crippen LogP contribution in [0.25, 0.3) is 0 Å². The highest BCUT2D eigenvalue weighted by Gasteiger charge is 2.62. The minimum Gasteiger partial charge on any atom is -0.299 e. The predicted molar refractivity (Wildman–Crippen MR) is 122 cm³/mol. The van der Waals surface area contributed by atoms with Crippen LogP contribution in [-0.2, 0) is 4.79 Å². The van der Waals surface area contributed by atoms with E-state index in [4.69, 9.17) is 0 Å². The Kier molecular flexibility index (Phi) is 5.67. The molecule has 0 amide bonds. The lowest BCUT2D eigenvalue weighted by atomic mass is 9.45. The van der Waals surface area contributed by atoms with Crippen molar-refractivity contribution < 1.29 is 4.79 Å². The van der Waals surface area contributed by atoms with Gasteiger partial charge in [0.1, 0.15) is 5.78 Å². The minimum absolute atomic E-state index is 0.219. The summed E-state index contributed by atoms with van der Waals surface area (Å²) in [4.78, 5) is 13.7. The summed E-state index contributed by atoms with van der Waals surface area (Å²) in [7, 11) is 0. The number of carbonyl (C=O) groups excluding carboxylic acids is 1. The zero-order valence-electron chi connectivity index (χ0n) is 19.8. The lowest BCUT2D eigenvalue weighted by molar-refractivity contribution is -0.154. The van der Waals surface area contributed by atoms with Gasteiger partial charge in [0.05, 0.1) is 0 Å². The molecule has 4 rings (SSSR count). The molecule has 0 aromatic rings. The van der Waals surface area contributed by atoms with E-state index in [1.54, 1.807) is 0 Å². The third kappa shape index (κ3) is 3.39. The van der Waals surface area contributed by atoms with Crippen molar-refractivity contribution in [2.24, 2.45) is 58.2 Å². The van der Waals surface area contributed by atoms with Gasteiger partial charge >= 0.3 is 0 Å². The average molecular weight is 397 g/mol. The number of rotatable bonds is 4. The summed E-state index contributed by atoms with van der Waals surface area (Å²) in [5.41, 5.74) is 0.448. The van der Waals surface area contributed by atoms with Crippen molar-refractivity contribution in [3.8, 4) is 0 Å². The molecule has 0 aromatic heterocycles. The maximum Gasteiger partial charge on any atom is 0.137 e. The zero-order chi connectivity index (χ0) is 21.0. The number of allylic oxidation sites excluding steroid dienone is 4. The van der Waals surface area contributed by atoms with E-state index in [2.05, 4.69) is 65.8 Å². The van der Waals surface area contributed by atoms with E-state index in [1.165, 1.54) is 32.1 Å². The van der Waals surface area contributed by atoms with Crippen molar-refractivity contribution in [1.29, 1.82) is 0 Å². The van der Waals surface area contributed by atoms with Crippen molar-refractivity contribution in [1.82, 2.24) is 0 Å². The second kappa shape index (κ2) is 7.69. The molecule has 0 bridgehead atoms. The number of fused-ring (bicyclic) bond motifs is 5. The van der Waals surface area contributed by atoms with E-state index in [-0.39, 0.29) is 10.8 Å². The van der Waals surface area contributed by atoms with Crippen LogP contribution in [0.2, 0.25) is 0 Å². The fourth-order valence-electron chi connectivity index (χ4n) is 8.27. The topological polar surface area (TPSA) is 17.1 Å². The summed E-state index contributed by atoms with van der Waals surface area (Å²) in [6.07, 6.45) is 18.2. The van der Waals surface area contributed by atoms with Crippen molar-refractivity contribution in [2.75, 3.05) is 0 Å². The van der Waals surface area contributed by atoms with Gasteiger partial charge in [-0.05, 0) is 90.8 Å². The quantitative estimate of drug-likeness (QED) is 0.450. The van der Waals surface area contributed by atoms with Crippen molar-refractivity contribution >= 4 is 5.78 Å². The molecule has 0 unspecified atom stereocenters. The van der Waals surface area contributed by atoms with Crippen LogP contribution in [0.4, 0.5) is 0 Å². The van der Waals surface area contributed by atoms with Crippen molar-refractivity contribution in [2.45, 2.75) is 86.5 Å². The van der Waals surface area contributed by atoms with Gasteiger partial charge in [-0.15, -0.1) is 0 Å². The number of hydrogen-bond acceptors (Lipinski definition) is 1. The summed E-state index contributed by atoms with van der Waals surface area (Å²) < 4.78 is 0. The fraction of sp³-hybridized carbons (Fsp3) is 0.821. The first-order valence-corrected chi connectivity index (χ1v) is 12.5. The molecule has 0 aliphatic heterocycles. The zero-order valence-corrected chi connectivity index (χ0v) is 19.8. The minimum atomic E-state index is 0.219. The lowest BCUT2D eigenvalue weighted by Gasteiger charge is -2.59. The van der Waals surface area contributed by atoms with E-state index < -0.39 is 0 Å². The Hall–Kier alpha value is -0.850. The molecule has 0 N–H and O–H groups in total. The highest BCUT2D eigenvalue weighted by molar-refractivity contribution is 5.84. The van der Waals surface area contributed by atoms with Gasteiger partial charge in [-0.25, -0.2) is 0 Å². The molecule has 0 saturated heterocycles. The smallest absolute Gasteiger partial charge is 0.137 e. The van der Waals surface area contributed by atoms with Gasteiger partial charge in [-0.3, -0.25) is 4.79 Å². The molecule has 0 aromatic carbocycles. The summed E-state index contributed by atoms with van der Waals surface area (Å²) in [5.74, 6) is 5.67. The lowest BCUT2D eigenvalue weighted by Crippen LogP contribution is -2.56. The van der Waals surface area contributed by atoms with E-state index in [9.17, 15) is 4.79 Å². The maximum atomic E-state index is 13.7. The Balaban J connectivity index is 1.57. The molecule has 1 nitrogen and oxygen atoms in total. The number of ketones is 1. The fourth-order valence-corrected chi connectivity index (χ4v) is 8.27. The molecular formula is C28H44O. The van der Waals surface area contributed by atoms with Gasteiger partial charge in [-0.2, -0.15) is 0 Å². The molecular weight excluding hydrogens is 352 g/mol. The molecule has 9 atom stereocenters. The van der Waals surface area contributed by atoms with Gasteiger partial charge in [0.2, 0.25) is 0 Å². The molecule has 0 heterocycles. The van der Waals surface area contributed by atoms with E-state index in [0.717, 1.165) is 24.7 Å². The molecule has 4 aliphatic carbocycles. The Labute approximate surface area is 179 Å². The van der Waals surface area contributed by atoms with Crippen molar-refractivity contribution in [3.05, 3.63) is 24.3 Å². The second-order valence-corrected chi connectivity index (χ2v) is 12.1. The van der Waals surface area contributed by atoms with Crippen LogP contribution in [0.5, 0.6) is 0 Å². The Morgan fingerprint density at radius 2 is 1.72 bits per heavy atom. The van der Waals surface area contributed by atoms with Gasteiger partial charge in [0.25, 0.3) is 0 Å². The average Bonchev–Trinajstić information content (AvgIpc) is 3.01. The third-order valence-electron chi connectivity index (χ3n) is 10.4. The third-order valence-corrected chi connectivity index (χ3v) is 10.4. The first kappa shape index (κ1) is 21.4. The maximum absolute atomic E-state index is 13.7. The van der Waals surface area contributed by atoms with Crippen LogP contribution >= 0.6 is 0 Å². The van der Waals surface area contributed by atoms with Crippen LogP contribution in [0.15, 0.2) is 24.3 Å². The summed E-state index contributed by atoms with van der Waals surface area (Å²) >= 11 is 0. The van der Waals surface area contributed by atoms with Gasteiger partial charge in [-0.1, -0.05) is 65.8 Å². The molecule has 4 aliphatic rings. The number of carbonyl (C=O) groups is 1. The van der Waals surface area contributed by atoms with Crippen LogP contribution in [0.1, 0.15) is 86.5 Å². The highest BCUT2D eigenvalue weighted by atomic mass is 16.1. The number of Topliss-reactive ketones (excluding diaryl/α,β-unsaturated/α-hetero) is 1. The summed E-state index contributed by atoms with van der Waals surface area (Å²) in [6.45, 7) is 14.3. The van der Waals surface area contributed by atoms with E-state index in [0.29, 0.717) is 41.3 Å². The first-order chi connectivity index (χ1) is 13.7. The largest absolute Gasteiger partial charge is 0.299 e. The van der Waals surface area contributed by atoms with Crippen molar-refractivity contribution in [3.63, 3.8) is 0 Å². The van der Waals surface area contributed by atoms with Crippen LogP contribution in [-0.4, -0.2) is 5.78 Å². The summed E-state index contributed by atoms with van der Waals surface area (Å²) in [6, 6.07) is 0. The van der Waals surface area contributed by atoms with Gasteiger partial charge in [0, 0.05) is 12.3 Å². The molecule has 3 fully saturated rings. The normalized spacial score (nSPS) is 46.4. The Morgan fingerprint density at radius 3 is 2.45 bits per heavy atom. The molecule has 1 heteroatoms.